The average molecular weight is 892 g/mol. The summed E-state index contributed by atoms with van der Waals surface area (Å²) < 4.78 is 16.9. The summed E-state index contributed by atoms with van der Waals surface area (Å²) in [6, 6.07) is 0. The second kappa shape index (κ2) is 49.8. The van der Waals surface area contributed by atoms with E-state index < -0.39 is 6.10 Å². The fourth-order valence-electron chi connectivity index (χ4n) is 8.70. The number of esters is 3. The number of hydrogen-bond donors (Lipinski definition) is 0. The van der Waals surface area contributed by atoms with Crippen molar-refractivity contribution in [2.75, 3.05) is 13.2 Å². The van der Waals surface area contributed by atoms with Gasteiger partial charge in [0.15, 0.2) is 6.10 Å². The van der Waals surface area contributed by atoms with Gasteiger partial charge in [-0.3, -0.25) is 14.4 Å². The van der Waals surface area contributed by atoms with Crippen molar-refractivity contribution in [2.45, 2.75) is 323 Å². The van der Waals surface area contributed by atoms with Crippen molar-refractivity contribution in [1.82, 2.24) is 0 Å². The minimum Gasteiger partial charge on any atom is -0.462 e. The first kappa shape index (κ1) is 61.4. The summed E-state index contributed by atoms with van der Waals surface area (Å²) in [4.78, 5) is 38.1. The molecule has 0 radical (unpaired) electrons. The molecule has 0 aromatic heterocycles. The number of rotatable bonds is 51. The van der Waals surface area contributed by atoms with E-state index in [1.54, 1.807) is 0 Å². The summed E-state index contributed by atoms with van der Waals surface area (Å²) in [6.07, 6.45) is 52.3. The van der Waals surface area contributed by atoms with Gasteiger partial charge in [-0.25, -0.2) is 0 Å². The Kier molecular flexibility index (Phi) is 48.6. The maximum absolute atomic E-state index is 12.8. The molecule has 0 amide bonds. The van der Waals surface area contributed by atoms with Gasteiger partial charge < -0.3 is 14.2 Å². The normalized spacial score (nSPS) is 12.0. The average Bonchev–Trinajstić information content (AvgIpc) is 3.25. The van der Waals surface area contributed by atoms with E-state index in [0.717, 1.165) is 69.6 Å². The Hall–Kier alpha value is -1.59. The van der Waals surface area contributed by atoms with Crippen LogP contribution in [0.1, 0.15) is 317 Å². The molecule has 0 aromatic carbocycles. The van der Waals surface area contributed by atoms with Crippen LogP contribution in [0.5, 0.6) is 0 Å². The Bertz CT molecular complexity index is 962. The first-order valence-corrected chi connectivity index (χ1v) is 28.2. The molecule has 0 heterocycles. The van der Waals surface area contributed by atoms with Crippen LogP contribution in [0.4, 0.5) is 0 Å². The van der Waals surface area contributed by atoms with Crippen molar-refractivity contribution in [2.24, 2.45) is 11.8 Å². The molecule has 63 heavy (non-hydrogen) atoms. The van der Waals surface area contributed by atoms with E-state index >= 15 is 0 Å². The third-order valence-corrected chi connectivity index (χ3v) is 13.0. The van der Waals surface area contributed by atoms with Crippen LogP contribution in [0.25, 0.3) is 0 Å². The minimum atomic E-state index is -0.762. The van der Waals surface area contributed by atoms with E-state index in [4.69, 9.17) is 14.2 Å². The third kappa shape index (κ3) is 51.3. The van der Waals surface area contributed by atoms with Crippen LogP contribution in [0.2, 0.25) is 0 Å². The molecule has 0 saturated heterocycles. The molecule has 0 rings (SSSR count). The van der Waals surface area contributed by atoms with Crippen LogP contribution in [-0.2, 0) is 28.6 Å². The molecule has 0 spiro atoms. The molecule has 0 aromatic rings. The van der Waals surface area contributed by atoms with Gasteiger partial charge in [0.2, 0.25) is 0 Å². The Labute approximate surface area is 393 Å². The highest BCUT2D eigenvalue weighted by Crippen LogP contribution is 2.18. The Morgan fingerprint density at radius 2 is 0.524 bits per heavy atom. The highest BCUT2D eigenvalue weighted by Gasteiger charge is 2.19. The number of unbranched alkanes of at least 4 members (excludes halogenated alkanes) is 36. The van der Waals surface area contributed by atoms with Crippen LogP contribution in [0.15, 0.2) is 0 Å². The number of hydrogen-bond acceptors (Lipinski definition) is 6. The van der Waals surface area contributed by atoms with Crippen LogP contribution in [0, 0.1) is 11.8 Å². The molecule has 374 valence electrons. The fourth-order valence-corrected chi connectivity index (χ4v) is 8.70. The monoisotopic (exact) mass is 891 g/mol. The van der Waals surface area contributed by atoms with E-state index in [-0.39, 0.29) is 31.1 Å². The predicted molar refractivity (Wildman–Crippen MR) is 270 cm³/mol. The van der Waals surface area contributed by atoms with Gasteiger partial charge in [0.1, 0.15) is 13.2 Å². The van der Waals surface area contributed by atoms with Gasteiger partial charge in [-0.2, -0.15) is 0 Å². The molecule has 0 aliphatic carbocycles. The lowest BCUT2D eigenvalue weighted by Gasteiger charge is -2.18. The summed E-state index contributed by atoms with van der Waals surface area (Å²) in [6.45, 7) is 11.4. The molecule has 0 bridgehead atoms. The zero-order chi connectivity index (χ0) is 46.1. The van der Waals surface area contributed by atoms with Crippen molar-refractivity contribution < 1.29 is 28.6 Å². The van der Waals surface area contributed by atoms with E-state index in [2.05, 4.69) is 34.6 Å². The van der Waals surface area contributed by atoms with Crippen molar-refractivity contribution in [3.63, 3.8) is 0 Å². The summed E-state index contributed by atoms with van der Waals surface area (Å²) in [5, 5.41) is 0. The first-order valence-electron chi connectivity index (χ1n) is 28.2. The van der Waals surface area contributed by atoms with Crippen LogP contribution in [0.3, 0.4) is 0 Å². The van der Waals surface area contributed by atoms with Crippen LogP contribution >= 0.6 is 0 Å². The Morgan fingerprint density at radius 1 is 0.302 bits per heavy atom. The molecule has 0 saturated carbocycles. The molecule has 0 aliphatic heterocycles. The molecule has 0 unspecified atom stereocenters. The van der Waals surface area contributed by atoms with E-state index in [9.17, 15) is 14.4 Å². The molecule has 0 fully saturated rings. The lowest BCUT2D eigenvalue weighted by Crippen LogP contribution is -2.30. The van der Waals surface area contributed by atoms with Crippen LogP contribution < -0.4 is 0 Å². The summed E-state index contributed by atoms with van der Waals surface area (Å²) >= 11 is 0. The first-order chi connectivity index (χ1) is 30.7. The molecule has 6 nitrogen and oxygen atoms in total. The molecule has 0 N–H and O–H groups in total. The minimum absolute atomic E-state index is 0.0628. The van der Waals surface area contributed by atoms with Gasteiger partial charge in [-0.05, 0) is 31.1 Å². The van der Waals surface area contributed by atoms with Gasteiger partial charge in [0, 0.05) is 19.3 Å². The summed E-state index contributed by atoms with van der Waals surface area (Å²) in [7, 11) is 0. The standard InChI is InChI=1S/C57H110O6/c1-6-7-8-9-10-11-12-22-29-34-39-44-49-57(60)63-54(51-62-56(59)48-43-38-33-28-24-19-18-21-26-31-36-41-46-53(4)5)50-61-55(58)47-42-37-32-27-23-17-15-13-14-16-20-25-30-35-40-45-52(2)3/h52-54H,6-51H2,1-5H3/t54-/m1/s1. The molecule has 6 heteroatoms. The lowest BCUT2D eigenvalue weighted by atomic mass is 10.0. The molecular formula is C57H110O6. The Morgan fingerprint density at radius 3 is 0.778 bits per heavy atom. The summed E-state index contributed by atoms with van der Waals surface area (Å²) in [5.74, 6) is 0.842. The smallest absolute Gasteiger partial charge is 0.306 e. The highest BCUT2D eigenvalue weighted by atomic mass is 16.6. The fraction of sp³-hybridized carbons (Fsp3) is 0.947. The van der Waals surface area contributed by atoms with E-state index in [0.29, 0.717) is 19.3 Å². The van der Waals surface area contributed by atoms with Gasteiger partial charge in [0.25, 0.3) is 0 Å². The zero-order valence-electron chi connectivity index (χ0n) is 43.2. The lowest BCUT2D eigenvalue weighted by molar-refractivity contribution is -0.167. The predicted octanol–water partition coefficient (Wildman–Crippen LogP) is 18.5. The summed E-state index contributed by atoms with van der Waals surface area (Å²) in [5.41, 5.74) is 0. The highest BCUT2D eigenvalue weighted by molar-refractivity contribution is 5.71. The van der Waals surface area contributed by atoms with Crippen LogP contribution in [-0.4, -0.2) is 37.2 Å². The van der Waals surface area contributed by atoms with Gasteiger partial charge in [0.05, 0.1) is 0 Å². The van der Waals surface area contributed by atoms with E-state index in [1.165, 1.54) is 205 Å². The largest absolute Gasteiger partial charge is 0.462 e. The maximum Gasteiger partial charge on any atom is 0.306 e. The quantitative estimate of drug-likeness (QED) is 0.0344. The van der Waals surface area contributed by atoms with Crippen molar-refractivity contribution >= 4 is 17.9 Å². The third-order valence-electron chi connectivity index (χ3n) is 13.0. The van der Waals surface area contributed by atoms with Gasteiger partial charge >= 0.3 is 17.9 Å². The zero-order valence-corrected chi connectivity index (χ0v) is 43.2. The molecular weight excluding hydrogens is 781 g/mol. The second-order valence-electron chi connectivity index (χ2n) is 20.5. The van der Waals surface area contributed by atoms with Gasteiger partial charge in [-0.15, -0.1) is 0 Å². The van der Waals surface area contributed by atoms with Crippen molar-refractivity contribution in [3.05, 3.63) is 0 Å². The van der Waals surface area contributed by atoms with Crippen molar-refractivity contribution in [3.8, 4) is 0 Å². The topological polar surface area (TPSA) is 78.9 Å². The molecule has 1 atom stereocenters. The van der Waals surface area contributed by atoms with Gasteiger partial charge in [-0.1, -0.05) is 279 Å². The van der Waals surface area contributed by atoms with Crippen molar-refractivity contribution in [1.29, 1.82) is 0 Å². The maximum atomic E-state index is 12.8. The number of carbonyl (C=O) groups is 3. The SMILES string of the molecule is CCCCCCCCCCCCCCC(=O)O[C@H](COC(=O)CCCCCCCCCCCCCCCCCC(C)C)COC(=O)CCCCCCCCCCCCCCC(C)C. The second-order valence-corrected chi connectivity index (χ2v) is 20.5. The Balaban J connectivity index is 4.27. The number of ether oxygens (including phenoxy) is 3. The van der Waals surface area contributed by atoms with E-state index in [1.807, 2.05) is 0 Å². The molecule has 0 aliphatic rings. The number of carbonyl (C=O) groups excluding carboxylic acids is 3.